The third-order valence-electron chi connectivity index (χ3n) is 4.12. The van der Waals surface area contributed by atoms with E-state index in [0.29, 0.717) is 30.4 Å². The van der Waals surface area contributed by atoms with Crippen LogP contribution >= 0.6 is 0 Å². The molecule has 0 aromatic heterocycles. The Balaban J connectivity index is 1.84. The zero-order valence-corrected chi connectivity index (χ0v) is 12.0. The van der Waals surface area contributed by atoms with Gasteiger partial charge < -0.3 is 4.74 Å². The maximum absolute atomic E-state index is 11.5. The summed E-state index contributed by atoms with van der Waals surface area (Å²) >= 11 is 0. The van der Waals surface area contributed by atoms with Gasteiger partial charge in [0.1, 0.15) is 0 Å². The van der Waals surface area contributed by atoms with Gasteiger partial charge in [-0.3, -0.25) is 4.79 Å². The molecule has 3 heteroatoms. The Morgan fingerprint density at radius 3 is 2.45 bits per heavy atom. The molecule has 0 N–H and O–H groups in total. The summed E-state index contributed by atoms with van der Waals surface area (Å²) in [4.78, 5) is 11.5. The molecule has 0 aliphatic heterocycles. The van der Waals surface area contributed by atoms with E-state index in [0.717, 1.165) is 25.7 Å². The molecule has 0 amide bonds. The van der Waals surface area contributed by atoms with Crippen molar-refractivity contribution in [3.63, 3.8) is 0 Å². The van der Waals surface area contributed by atoms with Crippen LogP contribution in [0, 0.1) is 17.2 Å². The summed E-state index contributed by atoms with van der Waals surface area (Å²) in [5, 5.41) is 8.81. The van der Waals surface area contributed by atoms with Crippen molar-refractivity contribution in [3.8, 4) is 6.07 Å². The Hall–Kier alpha value is -1.82. The number of nitrogens with zero attached hydrogens (tertiary/aromatic N) is 1. The SMILES string of the molecule is CCOC(=O)CC1CCC(c2ccc(C#N)cc2)CC1. The lowest BCUT2D eigenvalue weighted by Crippen LogP contribution is -2.17. The minimum Gasteiger partial charge on any atom is -0.466 e. The fourth-order valence-corrected chi connectivity index (χ4v) is 2.99. The van der Waals surface area contributed by atoms with Gasteiger partial charge in [-0.15, -0.1) is 0 Å². The van der Waals surface area contributed by atoms with Gasteiger partial charge in [-0.05, 0) is 62.1 Å². The number of rotatable bonds is 4. The smallest absolute Gasteiger partial charge is 0.306 e. The van der Waals surface area contributed by atoms with Crippen molar-refractivity contribution in [2.24, 2.45) is 5.92 Å². The monoisotopic (exact) mass is 271 g/mol. The highest BCUT2D eigenvalue weighted by Crippen LogP contribution is 2.37. The maximum Gasteiger partial charge on any atom is 0.306 e. The molecule has 0 bridgehead atoms. The molecule has 1 saturated carbocycles. The Bertz CT molecular complexity index is 479. The molecule has 106 valence electrons. The summed E-state index contributed by atoms with van der Waals surface area (Å²) in [6.07, 6.45) is 4.98. The van der Waals surface area contributed by atoms with Crippen molar-refractivity contribution in [3.05, 3.63) is 35.4 Å². The van der Waals surface area contributed by atoms with Crippen molar-refractivity contribution in [2.45, 2.75) is 44.9 Å². The first kappa shape index (κ1) is 14.6. The molecule has 1 aromatic rings. The van der Waals surface area contributed by atoms with Gasteiger partial charge in [-0.1, -0.05) is 12.1 Å². The van der Waals surface area contributed by atoms with Crippen LogP contribution in [0.1, 0.15) is 56.1 Å². The second kappa shape index (κ2) is 7.09. The summed E-state index contributed by atoms with van der Waals surface area (Å²) in [6.45, 7) is 2.32. The van der Waals surface area contributed by atoms with Crippen LogP contribution in [0.3, 0.4) is 0 Å². The van der Waals surface area contributed by atoms with Crippen molar-refractivity contribution < 1.29 is 9.53 Å². The Morgan fingerprint density at radius 2 is 1.90 bits per heavy atom. The van der Waals surface area contributed by atoms with Crippen LogP contribution in [0.25, 0.3) is 0 Å². The van der Waals surface area contributed by atoms with Gasteiger partial charge in [-0.25, -0.2) is 0 Å². The molecule has 1 aliphatic rings. The van der Waals surface area contributed by atoms with Crippen LogP contribution in [-0.2, 0) is 9.53 Å². The molecule has 3 nitrogen and oxygen atoms in total. The lowest BCUT2D eigenvalue weighted by Gasteiger charge is -2.28. The van der Waals surface area contributed by atoms with Gasteiger partial charge in [0.05, 0.1) is 18.2 Å². The average molecular weight is 271 g/mol. The number of esters is 1. The third-order valence-corrected chi connectivity index (χ3v) is 4.12. The summed E-state index contributed by atoms with van der Waals surface area (Å²) < 4.78 is 5.01. The number of hydrogen-bond donors (Lipinski definition) is 0. The van der Waals surface area contributed by atoms with Gasteiger partial charge in [-0.2, -0.15) is 5.26 Å². The lowest BCUT2D eigenvalue weighted by atomic mass is 9.77. The van der Waals surface area contributed by atoms with Gasteiger partial charge in [0.15, 0.2) is 0 Å². The zero-order chi connectivity index (χ0) is 14.4. The first-order valence-corrected chi connectivity index (χ1v) is 7.38. The topological polar surface area (TPSA) is 50.1 Å². The molecule has 0 saturated heterocycles. The Kier molecular flexibility index (Phi) is 5.17. The third kappa shape index (κ3) is 3.84. The van der Waals surface area contributed by atoms with E-state index >= 15 is 0 Å². The van der Waals surface area contributed by atoms with Gasteiger partial charge >= 0.3 is 5.97 Å². The quantitative estimate of drug-likeness (QED) is 0.783. The molecular weight excluding hydrogens is 250 g/mol. The minimum atomic E-state index is -0.0608. The van der Waals surface area contributed by atoms with E-state index < -0.39 is 0 Å². The van der Waals surface area contributed by atoms with E-state index in [1.54, 1.807) is 0 Å². The fourth-order valence-electron chi connectivity index (χ4n) is 2.99. The summed E-state index contributed by atoms with van der Waals surface area (Å²) in [5.74, 6) is 0.985. The molecule has 0 spiro atoms. The van der Waals surface area contributed by atoms with Crippen LogP contribution in [0.2, 0.25) is 0 Å². The number of carbonyl (C=O) groups is 1. The summed E-state index contributed by atoms with van der Waals surface area (Å²) in [6, 6.07) is 10.1. The van der Waals surface area contributed by atoms with Gasteiger partial charge in [0.2, 0.25) is 0 Å². The van der Waals surface area contributed by atoms with Crippen LogP contribution in [0.15, 0.2) is 24.3 Å². The number of benzene rings is 1. The maximum atomic E-state index is 11.5. The highest BCUT2D eigenvalue weighted by Gasteiger charge is 2.24. The van der Waals surface area contributed by atoms with E-state index in [1.165, 1.54) is 5.56 Å². The molecule has 0 unspecified atom stereocenters. The molecular formula is C17H21NO2. The van der Waals surface area contributed by atoms with Crippen LogP contribution in [0.5, 0.6) is 0 Å². The molecule has 0 atom stereocenters. The largest absolute Gasteiger partial charge is 0.466 e. The second-order valence-electron chi connectivity index (χ2n) is 5.46. The van der Waals surface area contributed by atoms with E-state index in [4.69, 9.17) is 10.00 Å². The average Bonchev–Trinajstić information content (AvgIpc) is 2.48. The predicted molar refractivity (Wildman–Crippen MR) is 77.1 cm³/mol. The highest BCUT2D eigenvalue weighted by atomic mass is 16.5. The Morgan fingerprint density at radius 1 is 1.25 bits per heavy atom. The minimum absolute atomic E-state index is 0.0608. The van der Waals surface area contributed by atoms with Gasteiger partial charge in [0.25, 0.3) is 0 Å². The van der Waals surface area contributed by atoms with Crippen molar-refractivity contribution in [2.75, 3.05) is 6.61 Å². The van der Waals surface area contributed by atoms with Crippen LogP contribution in [0.4, 0.5) is 0 Å². The first-order chi connectivity index (χ1) is 9.72. The second-order valence-corrected chi connectivity index (χ2v) is 5.46. The number of carbonyl (C=O) groups excluding carboxylic acids is 1. The Labute approximate surface area is 120 Å². The molecule has 20 heavy (non-hydrogen) atoms. The van der Waals surface area contributed by atoms with Crippen LogP contribution < -0.4 is 0 Å². The lowest BCUT2D eigenvalue weighted by molar-refractivity contribution is -0.144. The molecule has 1 aromatic carbocycles. The number of hydrogen-bond acceptors (Lipinski definition) is 3. The zero-order valence-electron chi connectivity index (χ0n) is 12.0. The normalized spacial score (nSPS) is 22.0. The summed E-state index contributed by atoms with van der Waals surface area (Å²) in [7, 11) is 0. The predicted octanol–water partition coefficient (Wildman–Crippen LogP) is 3.79. The van der Waals surface area contributed by atoms with E-state index in [2.05, 4.69) is 18.2 Å². The van der Waals surface area contributed by atoms with E-state index in [9.17, 15) is 4.79 Å². The van der Waals surface area contributed by atoms with Crippen molar-refractivity contribution >= 4 is 5.97 Å². The molecule has 1 fully saturated rings. The summed E-state index contributed by atoms with van der Waals surface area (Å²) in [5.41, 5.74) is 2.03. The molecule has 0 radical (unpaired) electrons. The molecule has 1 aliphatic carbocycles. The van der Waals surface area contributed by atoms with E-state index in [-0.39, 0.29) is 5.97 Å². The van der Waals surface area contributed by atoms with Crippen molar-refractivity contribution in [1.29, 1.82) is 5.26 Å². The molecule has 2 rings (SSSR count). The van der Waals surface area contributed by atoms with Crippen molar-refractivity contribution in [1.82, 2.24) is 0 Å². The number of nitriles is 1. The van der Waals surface area contributed by atoms with Crippen LogP contribution in [-0.4, -0.2) is 12.6 Å². The highest BCUT2D eigenvalue weighted by molar-refractivity contribution is 5.69. The van der Waals surface area contributed by atoms with E-state index in [1.807, 2.05) is 19.1 Å². The first-order valence-electron chi connectivity index (χ1n) is 7.38. The number of ether oxygens (including phenoxy) is 1. The van der Waals surface area contributed by atoms with Gasteiger partial charge in [0, 0.05) is 6.42 Å². The standard InChI is InChI=1S/C17H21NO2/c1-2-20-17(19)11-13-3-7-15(8-4-13)16-9-5-14(12-18)6-10-16/h5-6,9-10,13,15H,2-4,7-8,11H2,1H3. The molecule has 0 heterocycles. The fraction of sp³-hybridized carbons (Fsp3) is 0.529.